The summed E-state index contributed by atoms with van der Waals surface area (Å²) < 4.78 is 0. The molecular formula is C24H48O4P+. The minimum absolute atomic E-state index is 0.506. The monoisotopic (exact) mass is 431 g/mol. The first-order valence-electron chi connectivity index (χ1n) is 12.2. The van der Waals surface area contributed by atoms with Crippen LogP contribution in [0.2, 0.25) is 0 Å². The van der Waals surface area contributed by atoms with Crippen LogP contribution in [0.15, 0.2) is 0 Å². The van der Waals surface area contributed by atoms with E-state index in [0.29, 0.717) is 12.8 Å². The van der Waals surface area contributed by atoms with E-state index in [0.717, 1.165) is 12.8 Å². The SMILES string of the molecule is CCCC[P+](CCCC)(CCCC)CCCC.O=C(O)C1CCCCC1C(=O)O. The molecule has 2 N–H and O–H groups in total. The van der Waals surface area contributed by atoms with Crippen LogP contribution in [0.25, 0.3) is 0 Å². The van der Waals surface area contributed by atoms with Gasteiger partial charge >= 0.3 is 11.9 Å². The highest BCUT2D eigenvalue weighted by atomic mass is 31.2. The van der Waals surface area contributed by atoms with Crippen molar-refractivity contribution in [3.63, 3.8) is 0 Å². The van der Waals surface area contributed by atoms with Gasteiger partial charge in [-0.3, -0.25) is 9.59 Å². The number of carboxylic acid groups (broad SMARTS) is 2. The Morgan fingerprint density at radius 3 is 1.14 bits per heavy atom. The van der Waals surface area contributed by atoms with Crippen LogP contribution in [0.3, 0.4) is 0 Å². The molecule has 1 aliphatic carbocycles. The predicted octanol–water partition coefficient (Wildman–Crippen LogP) is 7.17. The maximum absolute atomic E-state index is 10.6. The van der Waals surface area contributed by atoms with Gasteiger partial charge in [0, 0.05) is 7.26 Å². The van der Waals surface area contributed by atoms with Crippen LogP contribution in [-0.4, -0.2) is 46.8 Å². The van der Waals surface area contributed by atoms with Crippen molar-refractivity contribution in [1.82, 2.24) is 0 Å². The summed E-state index contributed by atoms with van der Waals surface area (Å²) in [6.45, 7) is 9.42. The second-order valence-electron chi connectivity index (χ2n) is 8.82. The molecule has 0 amide bonds. The number of aliphatic carboxylic acids is 2. The van der Waals surface area contributed by atoms with E-state index >= 15 is 0 Å². The summed E-state index contributed by atoms with van der Waals surface area (Å²) >= 11 is 0. The van der Waals surface area contributed by atoms with Crippen LogP contribution in [0, 0.1) is 11.8 Å². The van der Waals surface area contributed by atoms with Crippen LogP contribution in [0.1, 0.15) is 105 Å². The van der Waals surface area contributed by atoms with Crippen LogP contribution in [-0.2, 0) is 9.59 Å². The summed E-state index contributed by atoms with van der Waals surface area (Å²) in [6, 6.07) is 0. The molecule has 0 aromatic heterocycles. The molecule has 0 radical (unpaired) electrons. The first kappa shape index (κ1) is 28.4. The highest BCUT2D eigenvalue weighted by Gasteiger charge is 2.35. The Kier molecular flexibility index (Phi) is 16.7. The average Bonchev–Trinajstić information content (AvgIpc) is 2.73. The van der Waals surface area contributed by atoms with Crippen molar-refractivity contribution in [2.24, 2.45) is 11.8 Å². The Labute approximate surface area is 180 Å². The maximum Gasteiger partial charge on any atom is 0.307 e. The summed E-state index contributed by atoms with van der Waals surface area (Å²) in [6.07, 6.45) is 20.6. The van der Waals surface area contributed by atoms with Crippen molar-refractivity contribution in [2.75, 3.05) is 24.6 Å². The topological polar surface area (TPSA) is 74.6 Å². The zero-order valence-corrected chi connectivity index (χ0v) is 20.5. The van der Waals surface area contributed by atoms with Crippen molar-refractivity contribution < 1.29 is 19.8 Å². The van der Waals surface area contributed by atoms with Crippen molar-refractivity contribution >= 4 is 19.2 Å². The molecule has 2 unspecified atom stereocenters. The zero-order chi connectivity index (χ0) is 22.1. The van der Waals surface area contributed by atoms with Gasteiger partial charge in [0.2, 0.25) is 0 Å². The molecule has 0 spiro atoms. The van der Waals surface area contributed by atoms with E-state index in [1.165, 1.54) is 51.4 Å². The molecule has 5 heteroatoms. The molecule has 1 fully saturated rings. The summed E-state index contributed by atoms with van der Waals surface area (Å²) in [5.41, 5.74) is 0. The predicted molar refractivity (Wildman–Crippen MR) is 127 cm³/mol. The lowest BCUT2D eigenvalue weighted by atomic mass is 9.79. The molecule has 0 aromatic rings. The van der Waals surface area contributed by atoms with Gasteiger partial charge in [0.05, 0.1) is 36.5 Å². The van der Waals surface area contributed by atoms with Crippen LogP contribution >= 0.6 is 7.26 Å². The van der Waals surface area contributed by atoms with Crippen LogP contribution in [0.5, 0.6) is 0 Å². The number of rotatable bonds is 14. The molecule has 0 bridgehead atoms. The molecule has 4 nitrogen and oxygen atoms in total. The van der Waals surface area contributed by atoms with Gasteiger partial charge in [-0.15, -0.1) is 0 Å². The Bertz CT molecular complexity index is 379. The van der Waals surface area contributed by atoms with Crippen LogP contribution in [0.4, 0.5) is 0 Å². The Balaban J connectivity index is 0.000000571. The number of carbonyl (C=O) groups is 2. The molecule has 1 rings (SSSR count). The number of hydrogen-bond acceptors (Lipinski definition) is 2. The van der Waals surface area contributed by atoms with E-state index in [9.17, 15) is 9.59 Å². The fraction of sp³-hybridized carbons (Fsp3) is 0.917. The van der Waals surface area contributed by atoms with Gasteiger partial charge in [0.15, 0.2) is 0 Å². The molecule has 29 heavy (non-hydrogen) atoms. The average molecular weight is 432 g/mol. The molecule has 2 atom stereocenters. The zero-order valence-electron chi connectivity index (χ0n) is 19.6. The Morgan fingerprint density at radius 1 is 0.655 bits per heavy atom. The number of hydrogen-bond donors (Lipinski definition) is 2. The van der Waals surface area contributed by atoms with Gasteiger partial charge in [0.25, 0.3) is 0 Å². The van der Waals surface area contributed by atoms with E-state index in [2.05, 4.69) is 27.7 Å². The van der Waals surface area contributed by atoms with Crippen molar-refractivity contribution in [1.29, 1.82) is 0 Å². The maximum atomic E-state index is 10.6. The quantitative estimate of drug-likeness (QED) is 0.286. The lowest BCUT2D eigenvalue weighted by molar-refractivity contribution is -0.155. The first-order valence-corrected chi connectivity index (χ1v) is 14.7. The number of unbranched alkanes of at least 4 members (excludes halogenated alkanes) is 4. The highest BCUT2D eigenvalue weighted by Crippen LogP contribution is 2.61. The standard InChI is InChI=1S/C16H36P.C8H12O4/c1-5-9-13-17(14-10-6-2,15-11-7-3)16-12-8-4;9-7(10)5-3-1-2-4-6(5)8(11)12/h5-16H2,1-4H3;5-6H,1-4H2,(H,9,10)(H,11,12)/q+1;. The molecule has 1 aliphatic rings. The molecule has 0 heterocycles. The normalized spacial score (nSPS) is 19.3. The van der Waals surface area contributed by atoms with E-state index in [4.69, 9.17) is 10.2 Å². The van der Waals surface area contributed by atoms with Crippen molar-refractivity contribution in [3.8, 4) is 0 Å². The third-order valence-electron chi connectivity index (χ3n) is 6.34. The largest absolute Gasteiger partial charge is 0.481 e. The molecule has 0 saturated heterocycles. The smallest absolute Gasteiger partial charge is 0.307 e. The van der Waals surface area contributed by atoms with Gasteiger partial charge in [-0.05, 0) is 38.5 Å². The Hall–Kier alpha value is -0.630. The lowest BCUT2D eigenvalue weighted by Gasteiger charge is -2.28. The molecule has 172 valence electrons. The van der Waals surface area contributed by atoms with Crippen molar-refractivity contribution in [2.45, 2.75) is 105 Å². The second-order valence-corrected chi connectivity index (χ2v) is 13.3. The summed E-state index contributed by atoms with van der Waals surface area (Å²) in [7, 11) is -0.562. The summed E-state index contributed by atoms with van der Waals surface area (Å²) in [5.74, 6) is -3.28. The van der Waals surface area contributed by atoms with Crippen molar-refractivity contribution in [3.05, 3.63) is 0 Å². The summed E-state index contributed by atoms with van der Waals surface area (Å²) in [4.78, 5) is 21.2. The molecule has 1 saturated carbocycles. The minimum atomic E-state index is -0.970. The third kappa shape index (κ3) is 12.0. The van der Waals surface area contributed by atoms with Gasteiger partial charge in [-0.25, -0.2) is 0 Å². The first-order chi connectivity index (χ1) is 13.9. The van der Waals surface area contributed by atoms with E-state index in [1.54, 1.807) is 24.6 Å². The second kappa shape index (κ2) is 17.1. The summed E-state index contributed by atoms with van der Waals surface area (Å²) in [5, 5.41) is 17.4. The minimum Gasteiger partial charge on any atom is -0.481 e. The van der Waals surface area contributed by atoms with Gasteiger partial charge in [0.1, 0.15) is 0 Å². The number of carboxylic acids is 2. The fourth-order valence-electron chi connectivity index (χ4n) is 4.37. The highest BCUT2D eigenvalue weighted by molar-refractivity contribution is 7.75. The van der Waals surface area contributed by atoms with E-state index < -0.39 is 31.0 Å². The molecular weight excluding hydrogens is 383 g/mol. The van der Waals surface area contributed by atoms with Crippen LogP contribution < -0.4 is 0 Å². The fourth-order valence-corrected chi connectivity index (χ4v) is 9.66. The third-order valence-corrected chi connectivity index (χ3v) is 11.4. The van der Waals surface area contributed by atoms with Gasteiger partial charge < -0.3 is 10.2 Å². The molecule has 0 aromatic carbocycles. The lowest BCUT2D eigenvalue weighted by Crippen LogP contribution is -2.32. The molecule has 0 aliphatic heterocycles. The Morgan fingerprint density at radius 2 is 0.931 bits per heavy atom. The van der Waals surface area contributed by atoms with E-state index in [-0.39, 0.29) is 0 Å². The van der Waals surface area contributed by atoms with E-state index in [1.807, 2.05) is 0 Å². The van der Waals surface area contributed by atoms with Gasteiger partial charge in [-0.2, -0.15) is 0 Å². The van der Waals surface area contributed by atoms with Gasteiger partial charge in [-0.1, -0.05) is 66.2 Å².